The highest BCUT2D eigenvalue weighted by Crippen LogP contribution is 2.31. The molecule has 0 spiro atoms. The number of benzene rings is 2. The molecule has 1 aliphatic heterocycles. The Balaban J connectivity index is 1.83. The van der Waals surface area contributed by atoms with Gasteiger partial charge in [-0.25, -0.2) is 9.88 Å². The van der Waals surface area contributed by atoms with E-state index < -0.39 is 11.8 Å². The van der Waals surface area contributed by atoms with E-state index in [1.165, 1.54) is 24.3 Å². The predicted octanol–water partition coefficient (Wildman–Crippen LogP) is 2.67. The summed E-state index contributed by atoms with van der Waals surface area (Å²) in [5.41, 5.74) is 1.70. The Labute approximate surface area is 143 Å². The van der Waals surface area contributed by atoms with E-state index in [4.69, 9.17) is 0 Å². The molecule has 0 atom stereocenters. The fourth-order valence-corrected chi connectivity index (χ4v) is 2.80. The Morgan fingerprint density at radius 2 is 1.64 bits per heavy atom. The van der Waals surface area contributed by atoms with Gasteiger partial charge in [0.1, 0.15) is 11.6 Å². The first-order valence-electron chi connectivity index (χ1n) is 7.63. The molecule has 0 unspecified atom stereocenters. The van der Waals surface area contributed by atoms with Crippen LogP contribution in [0.1, 0.15) is 0 Å². The number of phenols is 1. The van der Waals surface area contributed by atoms with Gasteiger partial charge in [-0.1, -0.05) is 30.3 Å². The molecule has 1 N–H and O–H groups in total. The van der Waals surface area contributed by atoms with Crippen molar-refractivity contribution in [3.05, 3.63) is 73.1 Å². The van der Waals surface area contributed by atoms with Gasteiger partial charge in [0.05, 0.1) is 11.4 Å². The normalized spacial score (nSPS) is 13.7. The van der Waals surface area contributed by atoms with Crippen molar-refractivity contribution in [2.75, 3.05) is 4.90 Å². The maximum atomic E-state index is 11.9. The molecule has 3 aromatic rings. The van der Waals surface area contributed by atoms with Gasteiger partial charge in [-0.3, -0.25) is 14.2 Å². The van der Waals surface area contributed by atoms with E-state index >= 15 is 0 Å². The van der Waals surface area contributed by atoms with Crippen molar-refractivity contribution >= 4 is 17.5 Å². The standard InChI is InChI=1S/C19H13N3O3/c23-16-7-6-14(22-17(24)8-9-18(22)25)12-15(16)21-11-10-20-19(21)13-4-2-1-3-5-13/h1-12,23H. The van der Waals surface area contributed by atoms with E-state index in [0.717, 1.165) is 10.5 Å². The van der Waals surface area contributed by atoms with Crippen molar-refractivity contribution < 1.29 is 14.7 Å². The van der Waals surface area contributed by atoms with Gasteiger partial charge in [0.15, 0.2) is 0 Å². The molecule has 122 valence electrons. The fourth-order valence-electron chi connectivity index (χ4n) is 2.80. The fraction of sp³-hybridized carbons (Fsp3) is 0. The second-order valence-corrected chi connectivity index (χ2v) is 5.51. The number of anilines is 1. The molecule has 0 saturated heterocycles. The summed E-state index contributed by atoms with van der Waals surface area (Å²) in [6, 6.07) is 14.1. The minimum Gasteiger partial charge on any atom is -0.506 e. The number of imidazole rings is 1. The SMILES string of the molecule is O=C1C=CC(=O)N1c1ccc(O)c(-n2ccnc2-c2ccccc2)c1. The third kappa shape index (κ3) is 2.49. The van der Waals surface area contributed by atoms with E-state index in [-0.39, 0.29) is 5.75 Å². The summed E-state index contributed by atoms with van der Waals surface area (Å²) in [5, 5.41) is 10.3. The van der Waals surface area contributed by atoms with Crippen LogP contribution in [0.25, 0.3) is 17.1 Å². The Kier molecular flexibility index (Phi) is 3.43. The third-order valence-electron chi connectivity index (χ3n) is 3.96. The minimum absolute atomic E-state index is 0.0194. The summed E-state index contributed by atoms with van der Waals surface area (Å²) in [6.07, 6.45) is 5.79. The lowest BCUT2D eigenvalue weighted by molar-refractivity contribution is -0.119. The van der Waals surface area contributed by atoms with Gasteiger partial charge in [-0.2, -0.15) is 0 Å². The van der Waals surface area contributed by atoms with Crippen LogP contribution >= 0.6 is 0 Å². The number of amides is 2. The van der Waals surface area contributed by atoms with Crippen molar-refractivity contribution in [1.29, 1.82) is 0 Å². The van der Waals surface area contributed by atoms with E-state index in [9.17, 15) is 14.7 Å². The summed E-state index contributed by atoms with van der Waals surface area (Å²) in [4.78, 5) is 29.2. The molecule has 6 nitrogen and oxygen atoms in total. The molecule has 2 heterocycles. The summed E-state index contributed by atoms with van der Waals surface area (Å²) in [5.74, 6) is -0.151. The van der Waals surface area contributed by atoms with Crippen LogP contribution in [0.3, 0.4) is 0 Å². The Bertz CT molecular complexity index is 988. The van der Waals surface area contributed by atoms with Crippen molar-refractivity contribution in [3.8, 4) is 22.8 Å². The van der Waals surface area contributed by atoms with Crippen LogP contribution in [0, 0.1) is 0 Å². The van der Waals surface area contributed by atoms with Crippen LogP contribution in [0.5, 0.6) is 5.75 Å². The largest absolute Gasteiger partial charge is 0.506 e. The number of imide groups is 1. The number of nitrogens with zero attached hydrogens (tertiary/aromatic N) is 3. The van der Waals surface area contributed by atoms with Crippen LogP contribution in [0.4, 0.5) is 5.69 Å². The van der Waals surface area contributed by atoms with Crippen molar-refractivity contribution in [2.45, 2.75) is 0 Å². The van der Waals surface area contributed by atoms with Gasteiger partial charge >= 0.3 is 0 Å². The first kappa shape index (κ1) is 14.9. The summed E-state index contributed by atoms with van der Waals surface area (Å²) in [7, 11) is 0. The predicted molar refractivity (Wildman–Crippen MR) is 92.3 cm³/mol. The number of hydrogen-bond acceptors (Lipinski definition) is 4. The molecule has 0 fully saturated rings. The minimum atomic E-state index is -0.407. The van der Waals surface area contributed by atoms with Gasteiger partial charge in [-0.05, 0) is 18.2 Å². The second-order valence-electron chi connectivity index (χ2n) is 5.51. The lowest BCUT2D eigenvalue weighted by Crippen LogP contribution is -2.29. The molecular formula is C19H13N3O3. The lowest BCUT2D eigenvalue weighted by Gasteiger charge is -2.17. The van der Waals surface area contributed by atoms with E-state index in [0.29, 0.717) is 17.2 Å². The zero-order valence-electron chi connectivity index (χ0n) is 13.0. The summed E-state index contributed by atoms with van der Waals surface area (Å²) in [6.45, 7) is 0. The van der Waals surface area contributed by atoms with E-state index in [2.05, 4.69) is 4.98 Å². The number of aromatic hydroxyl groups is 1. The number of hydrogen-bond donors (Lipinski definition) is 1. The highest BCUT2D eigenvalue weighted by molar-refractivity contribution is 6.28. The van der Waals surface area contributed by atoms with Crippen molar-refractivity contribution in [2.24, 2.45) is 0 Å². The van der Waals surface area contributed by atoms with Gasteiger partial charge in [0.25, 0.3) is 11.8 Å². The van der Waals surface area contributed by atoms with Crippen LogP contribution in [-0.4, -0.2) is 26.5 Å². The number of aromatic nitrogens is 2. The van der Waals surface area contributed by atoms with E-state index in [1.54, 1.807) is 23.0 Å². The monoisotopic (exact) mass is 331 g/mol. The highest BCUT2D eigenvalue weighted by atomic mass is 16.3. The molecule has 4 rings (SSSR count). The maximum absolute atomic E-state index is 11.9. The molecule has 2 amide bonds. The Morgan fingerprint density at radius 3 is 2.36 bits per heavy atom. The number of rotatable bonds is 3. The number of carbonyl (C=O) groups is 2. The summed E-state index contributed by atoms with van der Waals surface area (Å²) >= 11 is 0. The second kappa shape index (κ2) is 5.76. The maximum Gasteiger partial charge on any atom is 0.258 e. The van der Waals surface area contributed by atoms with Gasteiger partial charge in [-0.15, -0.1) is 0 Å². The molecule has 25 heavy (non-hydrogen) atoms. The number of carbonyl (C=O) groups excluding carboxylic acids is 2. The zero-order chi connectivity index (χ0) is 17.4. The van der Waals surface area contributed by atoms with Crippen molar-refractivity contribution in [1.82, 2.24) is 9.55 Å². The highest BCUT2D eigenvalue weighted by Gasteiger charge is 2.26. The molecule has 1 aliphatic rings. The van der Waals surface area contributed by atoms with Crippen LogP contribution in [0.2, 0.25) is 0 Å². The van der Waals surface area contributed by atoms with Crippen LogP contribution < -0.4 is 4.90 Å². The molecule has 0 saturated carbocycles. The van der Waals surface area contributed by atoms with Crippen LogP contribution in [0.15, 0.2) is 73.1 Å². The molecule has 0 radical (unpaired) electrons. The Morgan fingerprint density at radius 1 is 0.920 bits per heavy atom. The Hall–Kier alpha value is -3.67. The first-order chi connectivity index (χ1) is 12.1. The quantitative estimate of drug-likeness (QED) is 0.749. The third-order valence-corrected chi connectivity index (χ3v) is 3.96. The first-order valence-corrected chi connectivity index (χ1v) is 7.63. The van der Waals surface area contributed by atoms with Gasteiger partial charge in [0, 0.05) is 30.1 Å². The molecule has 2 aromatic carbocycles. The summed E-state index contributed by atoms with van der Waals surface area (Å²) < 4.78 is 1.71. The van der Waals surface area contributed by atoms with Gasteiger partial charge in [0.2, 0.25) is 0 Å². The smallest absolute Gasteiger partial charge is 0.258 e. The number of phenolic OH excluding ortho intramolecular Hbond substituents is 1. The van der Waals surface area contributed by atoms with Crippen LogP contribution in [-0.2, 0) is 9.59 Å². The lowest BCUT2D eigenvalue weighted by atomic mass is 10.2. The van der Waals surface area contributed by atoms with Crippen molar-refractivity contribution in [3.63, 3.8) is 0 Å². The topological polar surface area (TPSA) is 75.4 Å². The van der Waals surface area contributed by atoms with E-state index in [1.807, 2.05) is 30.3 Å². The molecule has 6 heteroatoms. The average Bonchev–Trinajstić information content (AvgIpc) is 3.23. The zero-order valence-corrected chi connectivity index (χ0v) is 13.0. The molecule has 0 aliphatic carbocycles. The molecular weight excluding hydrogens is 318 g/mol. The molecule has 0 bridgehead atoms. The van der Waals surface area contributed by atoms with Gasteiger partial charge < -0.3 is 5.11 Å². The average molecular weight is 331 g/mol. The molecule has 1 aromatic heterocycles.